The van der Waals surface area contributed by atoms with Crippen LogP contribution in [0.4, 0.5) is 0 Å². The van der Waals surface area contributed by atoms with E-state index in [1.807, 2.05) is 42.5 Å². The molecular formula is C22H25NO3. The first kappa shape index (κ1) is 18.2. The maximum atomic E-state index is 12.3. The standard InChI is InChI=1S/C22H25NO3/c1-4-25-22(24)21-18(17-12-8-9-13-19(17)26-21)14-23-20(15(2)3)16-10-6-5-7-11-16/h5-13,15,20,23H,4,14H2,1-3H3/t20-/m1/s1. The van der Waals surface area contributed by atoms with Crippen molar-refractivity contribution >= 4 is 16.9 Å². The number of rotatable bonds is 7. The monoisotopic (exact) mass is 351 g/mol. The Bertz CT molecular complexity index is 867. The van der Waals surface area contributed by atoms with Crippen molar-refractivity contribution in [1.82, 2.24) is 5.32 Å². The van der Waals surface area contributed by atoms with E-state index in [9.17, 15) is 4.79 Å². The zero-order valence-corrected chi connectivity index (χ0v) is 15.5. The number of esters is 1. The number of nitrogens with one attached hydrogen (secondary N) is 1. The largest absolute Gasteiger partial charge is 0.460 e. The lowest BCUT2D eigenvalue weighted by atomic mass is 9.95. The first-order chi connectivity index (χ1) is 12.6. The summed E-state index contributed by atoms with van der Waals surface area (Å²) >= 11 is 0. The third-order valence-electron chi connectivity index (χ3n) is 4.48. The molecule has 0 saturated heterocycles. The molecule has 136 valence electrons. The molecule has 3 aromatic rings. The Hall–Kier alpha value is -2.59. The molecule has 4 nitrogen and oxygen atoms in total. The molecule has 0 aliphatic carbocycles. The number of carbonyl (C=O) groups excluding carboxylic acids is 1. The van der Waals surface area contributed by atoms with Gasteiger partial charge in [-0.15, -0.1) is 0 Å². The molecule has 1 heterocycles. The molecule has 0 radical (unpaired) electrons. The maximum Gasteiger partial charge on any atom is 0.374 e. The van der Waals surface area contributed by atoms with E-state index in [1.165, 1.54) is 5.56 Å². The highest BCUT2D eigenvalue weighted by Gasteiger charge is 2.23. The fourth-order valence-corrected chi connectivity index (χ4v) is 3.25. The van der Waals surface area contributed by atoms with Gasteiger partial charge in [0, 0.05) is 23.5 Å². The number of hydrogen-bond donors (Lipinski definition) is 1. The quantitative estimate of drug-likeness (QED) is 0.602. The van der Waals surface area contributed by atoms with Crippen LogP contribution >= 0.6 is 0 Å². The molecule has 0 saturated carbocycles. The summed E-state index contributed by atoms with van der Waals surface area (Å²) in [4.78, 5) is 12.3. The van der Waals surface area contributed by atoms with Gasteiger partial charge in [-0.1, -0.05) is 62.4 Å². The van der Waals surface area contributed by atoms with Crippen LogP contribution in [-0.4, -0.2) is 12.6 Å². The first-order valence-electron chi connectivity index (χ1n) is 9.07. The van der Waals surface area contributed by atoms with Gasteiger partial charge in [-0.2, -0.15) is 0 Å². The van der Waals surface area contributed by atoms with Crippen LogP contribution in [0.1, 0.15) is 48.5 Å². The van der Waals surface area contributed by atoms with Crippen molar-refractivity contribution in [2.45, 2.75) is 33.4 Å². The second kappa shape index (κ2) is 8.19. The Morgan fingerprint density at radius 1 is 1.08 bits per heavy atom. The molecule has 0 aliphatic heterocycles. The van der Waals surface area contributed by atoms with Gasteiger partial charge in [0.15, 0.2) is 0 Å². The number of para-hydroxylation sites is 1. The minimum Gasteiger partial charge on any atom is -0.460 e. The smallest absolute Gasteiger partial charge is 0.374 e. The van der Waals surface area contributed by atoms with Crippen LogP contribution in [0, 0.1) is 5.92 Å². The summed E-state index contributed by atoms with van der Waals surface area (Å²) in [5.41, 5.74) is 2.78. The molecule has 1 atom stereocenters. The second-order valence-electron chi connectivity index (χ2n) is 6.64. The minimum atomic E-state index is -0.415. The van der Waals surface area contributed by atoms with Crippen molar-refractivity contribution in [1.29, 1.82) is 0 Å². The van der Waals surface area contributed by atoms with Gasteiger partial charge in [0.05, 0.1) is 6.61 Å². The summed E-state index contributed by atoms with van der Waals surface area (Å²) < 4.78 is 11.0. The van der Waals surface area contributed by atoms with E-state index in [4.69, 9.17) is 9.15 Å². The van der Waals surface area contributed by atoms with Crippen LogP contribution in [0.5, 0.6) is 0 Å². The van der Waals surface area contributed by atoms with E-state index in [-0.39, 0.29) is 11.8 Å². The van der Waals surface area contributed by atoms with Crippen LogP contribution in [0.15, 0.2) is 59.0 Å². The average molecular weight is 351 g/mol. The Labute approximate surface area is 154 Å². The van der Waals surface area contributed by atoms with Gasteiger partial charge >= 0.3 is 5.97 Å². The summed E-state index contributed by atoms with van der Waals surface area (Å²) in [6.07, 6.45) is 0. The van der Waals surface area contributed by atoms with Crippen LogP contribution in [0.25, 0.3) is 11.0 Å². The molecule has 0 bridgehead atoms. The lowest BCUT2D eigenvalue weighted by Gasteiger charge is -2.23. The average Bonchev–Trinajstić information content (AvgIpc) is 3.02. The maximum absolute atomic E-state index is 12.3. The number of hydrogen-bond acceptors (Lipinski definition) is 4. The molecule has 0 aliphatic rings. The molecule has 1 N–H and O–H groups in total. The molecule has 2 aromatic carbocycles. The molecule has 3 rings (SSSR count). The van der Waals surface area contributed by atoms with E-state index in [2.05, 4.69) is 31.3 Å². The summed E-state index contributed by atoms with van der Waals surface area (Å²) in [5.74, 6) is 0.277. The molecule has 0 fully saturated rings. The molecule has 1 aromatic heterocycles. The van der Waals surface area contributed by atoms with E-state index in [1.54, 1.807) is 6.92 Å². The zero-order chi connectivity index (χ0) is 18.5. The molecule has 0 amide bonds. The van der Waals surface area contributed by atoms with Gasteiger partial charge in [-0.25, -0.2) is 4.79 Å². The molecule has 0 spiro atoms. The molecule has 0 unspecified atom stereocenters. The lowest BCUT2D eigenvalue weighted by molar-refractivity contribution is 0.0490. The Morgan fingerprint density at radius 3 is 2.46 bits per heavy atom. The van der Waals surface area contributed by atoms with Gasteiger partial charge in [-0.3, -0.25) is 0 Å². The van der Waals surface area contributed by atoms with Crippen molar-refractivity contribution in [2.24, 2.45) is 5.92 Å². The van der Waals surface area contributed by atoms with Crippen molar-refractivity contribution < 1.29 is 13.9 Å². The van der Waals surface area contributed by atoms with Crippen LogP contribution in [0.3, 0.4) is 0 Å². The van der Waals surface area contributed by atoms with Crippen LogP contribution < -0.4 is 5.32 Å². The number of carbonyl (C=O) groups is 1. The highest BCUT2D eigenvalue weighted by atomic mass is 16.5. The van der Waals surface area contributed by atoms with E-state index < -0.39 is 5.97 Å². The van der Waals surface area contributed by atoms with E-state index >= 15 is 0 Å². The summed E-state index contributed by atoms with van der Waals surface area (Å²) in [7, 11) is 0. The van der Waals surface area contributed by atoms with Gasteiger partial charge in [0.2, 0.25) is 5.76 Å². The Morgan fingerprint density at radius 2 is 1.77 bits per heavy atom. The predicted molar refractivity (Wildman–Crippen MR) is 103 cm³/mol. The summed E-state index contributed by atoms with van der Waals surface area (Å²) in [6.45, 7) is 7.02. The van der Waals surface area contributed by atoms with Crippen molar-refractivity contribution in [3.63, 3.8) is 0 Å². The van der Waals surface area contributed by atoms with E-state index in [0.29, 0.717) is 24.7 Å². The fraction of sp³-hybridized carbons (Fsp3) is 0.318. The topological polar surface area (TPSA) is 51.5 Å². The number of furan rings is 1. The number of fused-ring (bicyclic) bond motifs is 1. The van der Waals surface area contributed by atoms with Gasteiger partial charge in [-0.05, 0) is 24.5 Å². The van der Waals surface area contributed by atoms with Gasteiger partial charge in [0.25, 0.3) is 0 Å². The number of benzene rings is 2. The normalized spacial score (nSPS) is 12.5. The first-order valence-corrected chi connectivity index (χ1v) is 9.07. The van der Waals surface area contributed by atoms with Crippen molar-refractivity contribution in [2.75, 3.05) is 6.61 Å². The lowest BCUT2D eigenvalue weighted by Crippen LogP contribution is -2.26. The number of ether oxygens (including phenoxy) is 1. The van der Waals surface area contributed by atoms with Crippen LogP contribution in [0.2, 0.25) is 0 Å². The summed E-state index contributed by atoms with van der Waals surface area (Å²) in [6, 6.07) is 18.2. The predicted octanol–water partition coefficient (Wildman–Crippen LogP) is 5.10. The minimum absolute atomic E-state index is 0.180. The fourth-order valence-electron chi connectivity index (χ4n) is 3.25. The second-order valence-corrected chi connectivity index (χ2v) is 6.64. The Kier molecular flexibility index (Phi) is 5.74. The highest BCUT2D eigenvalue weighted by molar-refractivity contribution is 5.96. The van der Waals surface area contributed by atoms with Crippen molar-refractivity contribution in [3.05, 3.63) is 71.5 Å². The van der Waals surface area contributed by atoms with Gasteiger partial charge < -0.3 is 14.5 Å². The molecular weight excluding hydrogens is 326 g/mol. The third-order valence-corrected chi connectivity index (χ3v) is 4.48. The molecule has 4 heteroatoms. The van der Waals surface area contributed by atoms with Gasteiger partial charge in [0.1, 0.15) is 5.58 Å². The van der Waals surface area contributed by atoms with Crippen LogP contribution in [-0.2, 0) is 11.3 Å². The highest BCUT2D eigenvalue weighted by Crippen LogP contribution is 2.28. The zero-order valence-electron chi connectivity index (χ0n) is 15.5. The SMILES string of the molecule is CCOC(=O)c1oc2ccccc2c1CN[C@@H](c1ccccc1)C(C)C. The third kappa shape index (κ3) is 3.81. The Balaban J connectivity index is 1.92. The summed E-state index contributed by atoms with van der Waals surface area (Å²) in [5, 5.41) is 4.54. The van der Waals surface area contributed by atoms with Crippen molar-refractivity contribution in [3.8, 4) is 0 Å². The van der Waals surface area contributed by atoms with E-state index in [0.717, 1.165) is 10.9 Å². The molecule has 26 heavy (non-hydrogen) atoms.